The minimum Gasteiger partial charge on any atom is -0.395 e. The number of aliphatic hydroxyl groups excluding tert-OH is 1. The van der Waals surface area contributed by atoms with Crippen LogP contribution in [0.25, 0.3) is 0 Å². The molecule has 1 spiro atoms. The maximum atomic E-state index is 9.40. The molecule has 2 rings (SSSR count). The fourth-order valence-corrected chi connectivity index (χ4v) is 3.40. The quantitative estimate of drug-likeness (QED) is 0.771. The molecule has 1 aliphatic heterocycles. The lowest BCUT2D eigenvalue weighted by Crippen LogP contribution is -2.59. The van der Waals surface area contributed by atoms with Gasteiger partial charge in [-0.1, -0.05) is 26.7 Å². The van der Waals surface area contributed by atoms with E-state index >= 15 is 0 Å². The Morgan fingerprint density at radius 2 is 1.80 bits per heavy atom. The van der Waals surface area contributed by atoms with Crippen LogP contribution >= 0.6 is 0 Å². The van der Waals surface area contributed by atoms with E-state index in [1.165, 1.54) is 38.8 Å². The molecule has 1 saturated heterocycles. The Bertz CT molecular complexity index is 201. The van der Waals surface area contributed by atoms with Gasteiger partial charge in [0.15, 0.2) is 0 Å². The Morgan fingerprint density at radius 1 is 1.20 bits per heavy atom. The zero-order valence-electron chi connectivity index (χ0n) is 10.2. The van der Waals surface area contributed by atoms with Crippen LogP contribution in [0.2, 0.25) is 0 Å². The smallest absolute Gasteiger partial charge is 0.0586 e. The Kier molecular flexibility index (Phi) is 3.36. The monoisotopic (exact) mass is 211 g/mol. The van der Waals surface area contributed by atoms with E-state index in [0.717, 1.165) is 6.42 Å². The van der Waals surface area contributed by atoms with Crippen molar-refractivity contribution < 1.29 is 5.11 Å². The van der Waals surface area contributed by atoms with Crippen LogP contribution in [-0.4, -0.2) is 35.7 Å². The number of likely N-dealkylation sites (tertiary alicyclic amines) is 1. The van der Waals surface area contributed by atoms with Gasteiger partial charge in [0.1, 0.15) is 0 Å². The molecule has 1 heterocycles. The van der Waals surface area contributed by atoms with Crippen LogP contribution in [0.3, 0.4) is 0 Å². The van der Waals surface area contributed by atoms with Crippen molar-refractivity contribution in [3.05, 3.63) is 0 Å². The van der Waals surface area contributed by atoms with Crippen LogP contribution in [0, 0.1) is 11.3 Å². The maximum absolute atomic E-state index is 9.40. The summed E-state index contributed by atoms with van der Waals surface area (Å²) in [6.45, 7) is 7.34. The Morgan fingerprint density at radius 3 is 2.27 bits per heavy atom. The normalized spacial score (nSPS) is 27.2. The largest absolute Gasteiger partial charge is 0.395 e. The third kappa shape index (κ3) is 2.36. The molecule has 1 saturated carbocycles. The van der Waals surface area contributed by atoms with Crippen molar-refractivity contribution >= 4 is 0 Å². The first kappa shape index (κ1) is 11.4. The number of hydrogen-bond donors (Lipinski definition) is 1. The summed E-state index contributed by atoms with van der Waals surface area (Å²) in [5.41, 5.74) is 0.671. The van der Waals surface area contributed by atoms with Gasteiger partial charge in [-0.2, -0.15) is 0 Å². The number of aliphatic hydroxyl groups is 1. The van der Waals surface area contributed by atoms with Gasteiger partial charge < -0.3 is 5.11 Å². The molecule has 2 nitrogen and oxygen atoms in total. The highest BCUT2D eigenvalue weighted by Gasteiger charge is 2.46. The highest BCUT2D eigenvalue weighted by atomic mass is 16.3. The predicted octanol–water partition coefficient (Wildman–Crippen LogP) is 2.27. The van der Waals surface area contributed by atoms with E-state index < -0.39 is 0 Å². The number of rotatable bonds is 4. The van der Waals surface area contributed by atoms with Crippen LogP contribution in [0.15, 0.2) is 0 Å². The topological polar surface area (TPSA) is 23.5 Å². The lowest BCUT2D eigenvalue weighted by Gasteiger charge is -2.52. The van der Waals surface area contributed by atoms with E-state index in [1.54, 1.807) is 0 Å². The van der Waals surface area contributed by atoms with Crippen molar-refractivity contribution in [2.45, 2.75) is 52.0 Å². The molecule has 0 aromatic heterocycles. The molecule has 0 aromatic carbocycles. The molecular formula is C13H25NO. The fraction of sp³-hybridized carbons (Fsp3) is 1.00. The first-order chi connectivity index (χ1) is 7.15. The SMILES string of the molecule is CC(C)CC(CO)N1CC2(CCCC2)C1. The minimum atomic E-state index is 0.342. The van der Waals surface area contributed by atoms with E-state index in [4.69, 9.17) is 0 Å². The summed E-state index contributed by atoms with van der Waals surface area (Å²) in [6.07, 6.45) is 6.88. The molecule has 2 aliphatic rings. The minimum absolute atomic E-state index is 0.342. The van der Waals surface area contributed by atoms with Crippen molar-refractivity contribution in [1.29, 1.82) is 0 Å². The summed E-state index contributed by atoms with van der Waals surface area (Å²) < 4.78 is 0. The maximum Gasteiger partial charge on any atom is 0.0586 e. The highest BCUT2D eigenvalue weighted by molar-refractivity contribution is 4.99. The van der Waals surface area contributed by atoms with Crippen LogP contribution in [0.4, 0.5) is 0 Å². The first-order valence-corrected chi connectivity index (χ1v) is 6.50. The zero-order valence-corrected chi connectivity index (χ0v) is 10.2. The summed E-state index contributed by atoms with van der Waals surface area (Å²) in [5, 5.41) is 9.40. The van der Waals surface area contributed by atoms with Gasteiger partial charge in [0.25, 0.3) is 0 Å². The third-order valence-electron chi connectivity index (χ3n) is 4.21. The number of hydrogen-bond acceptors (Lipinski definition) is 2. The molecule has 2 heteroatoms. The summed E-state index contributed by atoms with van der Waals surface area (Å²) in [6, 6.07) is 0.427. The van der Waals surface area contributed by atoms with Gasteiger partial charge in [0.2, 0.25) is 0 Å². The van der Waals surface area contributed by atoms with E-state index in [1.807, 2.05) is 0 Å². The van der Waals surface area contributed by atoms with Crippen LogP contribution in [-0.2, 0) is 0 Å². The number of nitrogens with zero attached hydrogens (tertiary/aromatic N) is 1. The van der Waals surface area contributed by atoms with Crippen molar-refractivity contribution in [2.24, 2.45) is 11.3 Å². The van der Waals surface area contributed by atoms with Gasteiger partial charge in [-0.25, -0.2) is 0 Å². The van der Waals surface area contributed by atoms with Crippen LogP contribution in [0.5, 0.6) is 0 Å². The lowest BCUT2D eigenvalue weighted by atomic mass is 9.77. The lowest BCUT2D eigenvalue weighted by molar-refractivity contribution is -0.0476. The highest BCUT2D eigenvalue weighted by Crippen LogP contribution is 2.46. The third-order valence-corrected chi connectivity index (χ3v) is 4.21. The van der Waals surface area contributed by atoms with Gasteiger partial charge in [-0.3, -0.25) is 4.90 Å². The van der Waals surface area contributed by atoms with E-state index in [0.29, 0.717) is 24.0 Å². The van der Waals surface area contributed by atoms with Crippen molar-refractivity contribution in [2.75, 3.05) is 19.7 Å². The molecule has 88 valence electrons. The van der Waals surface area contributed by atoms with Crippen molar-refractivity contribution in [1.82, 2.24) is 4.90 Å². The second-order valence-corrected chi connectivity index (χ2v) is 6.08. The predicted molar refractivity (Wildman–Crippen MR) is 62.8 cm³/mol. The van der Waals surface area contributed by atoms with Crippen LogP contribution < -0.4 is 0 Å². The first-order valence-electron chi connectivity index (χ1n) is 6.50. The van der Waals surface area contributed by atoms with E-state index in [2.05, 4.69) is 18.7 Å². The Hall–Kier alpha value is -0.0800. The standard InChI is InChI=1S/C13H25NO/c1-11(2)7-12(8-15)14-9-13(10-14)5-3-4-6-13/h11-12,15H,3-10H2,1-2H3. The molecule has 1 unspecified atom stereocenters. The Balaban J connectivity index is 1.80. The molecule has 1 aliphatic carbocycles. The molecule has 0 aromatic rings. The van der Waals surface area contributed by atoms with Crippen molar-refractivity contribution in [3.8, 4) is 0 Å². The summed E-state index contributed by atoms with van der Waals surface area (Å²) >= 11 is 0. The van der Waals surface area contributed by atoms with Gasteiger partial charge in [0.05, 0.1) is 6.61 Å². The average Bonchev–Trinajstić information content (AvgIpc) is 2.60. The van der Waals surface area contributed by atoms with Crippen molar-refractivity contribution in [3.63, 3.8) is 0 Å². The van der Waals surface area contributed by atoms with Gasteiger partial charge in [0, 0.05) is 19.1 Å². The van der Waals surface area contributed by atoms with Gasteiger partial charge in [-0.05, 0) is 30.6 Å². The van der Waals surface area contributed by atoms with Gasteiger partial charge in [-0.15, -0.1) is 0 Å². The average molecular weight is 211 g/mol. The molecule has 0 bridgehead atoms. The summed E-state index contributed by atoms with van der Waals surface area (Å²) in [5.74, 6) is 0.697. The van der Waals surface area contributed by atoms with Crippen LogP contribution in [0.1, 0.15) is 46.0 Å². The summed E-state index contributed by atoms with van der Waals surface area (Å²) in [4.78, 5) is 2.51. The molecule has 1 N–H and O–H groups in total. The molecule has 1 atom stereocenters. The second kappa shape index (κ2) is 4.42. The Labute approximate surface area is 93.7 Å². The molecule has 15 heavy (non-hydrogen) atoms. The zero-order chi connectivity index (χ0) is 10.9. The van der Waals surface area contributed by atoms with E-state index in [-0.39, 0.29) is 0 Å². The molecular weight excluding hydrogens is 186 g/mol. The second-order valence-electron chi connectivity index (χ2n) is 6.08. The molecule has 2 fully saturated rings. The van der Waals surface area contributed by atoms with Gasteiger partial charge >= 0.3 is 0 Å². The molecule has 0 amide bonds. The summed E-state index contributed by atoms with van der Waals surface area (Å²) in [7, 11) is 0. The molecule has 0 radical (unpaired) electrons. The van der Waals surface area contributed by atoms with E-state index in [9.17, 15) is 5.11 Å². The fourth-order valence-electron chi connectivity index (χ4n) is 3.40.